The van der Waals surface area contributed by atoms with Crippen LogP contribution in [0.15, 0.2) is 47.8 Å². The van der Waals surface area contributed by atoms with Crippen molar-refractivity contribution < 1.29 is 42.5 Å². The van der Waals surface area contributed by atoms with Crippen molar-refractivity contribution >= 4 is 40.4 Å². The van der Waals surface area contributed by atoms with Crippen LogP contribution in [0, 0.1) is 12.8 Å². The number of carboxylic acids is 1. The van der Waals surface area contributed by atoms with E-state index in [-0.39, 0.29) is 23.1 Å². The molecule has 1 amide bonds. The third-order valence-electron chi connectivity index (χ3n) is 5.85. The molecule has 10 nitrogen and oxygen atoms in total. The Labute approximate surface area is 246 Å². The number of nitrogens with zero attached hydrogens (tertiary/aromatic N) is 3. The summed E-state index contributed by atoms with van der Waals surface area (Å²) in [6, 6.07) is 9.68. The summed E-state index contributed by atoms with van der Waals surface area (Å²) >= 11 is 1.40. The number of aryl methyl sites for hydroxylation is 1. The van der Waals surface area contributed by atoms with E-state index in [0.717, 1.165) is 23.0 Å². The van der Waals surface area contributed by atoms with Crippen LogP contribution in [-0.4, -0.2) is 47.2 Å². The molecule has 1 heterocycles. The number of benzene rings is 2. The van der Waals surface area contributed by atoms with Crippen molar-refractivity contribution in [2.75, 3.05) is 29.2 Å². The lowest BCUT2D eigenvalue weighted by Crippen LogP contribution is -2.32. The number of carbonyl (C=O) groups is 2. The molecule has 230 valence electrons. The molecule has 3 rings (SSSR count). The van der Waals surface area contributed by atoms with Gasteiger partial charge in [0.05, 0.1) is 23.4 Å². The van der Waals surface area contributed by atoms with Gasteiger partial charge in [-0.1, -0.05) is 27.2 Å². The van der Waals surface area contributed by atoms with Gasteiger partial charge in [-0.2, -0.15) is 0 Å². The Morgan fingerprint density at radius 1 is 1.14 bits per heavy atom. The van der Waals surface area contributed by atoms with Gasteiger partial charge >= 0.3 is 12.3 Å². The highest BCUT2D eigenvalue weighted by Crippen LogP contribution is 2.28. The van der Waals surface area contributed by atoms with E-state index < -0.39 is 12.3 Å². The Balaban J connectivity index is 0.000000294. The maximum Gasteiger partial charge on any atom is 0.573 e. The molecular weight excluding hydrogens is 577 g/mol. The number of hydrazine groups is 1. The van der Waals surface area contributed by atoms with Crippen molar-refractivity contribution in [3.63, 3.8) is 0 Å². The van der Waals surface area contributed by atoms with Crippen molar-refractivity contribution in [3.05, 3.63) is 58.4 Å². The summed E-state index contributed by atoms with van der Waals surface area (Å²) in [6.45, 7) is 8.33. The fraction of sp³-hybridized carbons (Fsp3) is 0.393. The molecule has 3 aromatic rings. The Bertz CT molecular complexity index is 1300. The first-order valence-electron chi connectivity index (χ1n) is 13.0. The van der Waals surface area contributed by atoms with Crippen molar-refractivity contribution in [1.82, 2.24) is 4.98 Å². The van der Waals surface area contributed by atoms with Crippen molar-refractivity contribution in [1.29, 1.82) is 0 Å². The quantitative estimate of drug-likeness (QED) is 0.183. The molecule has 2 aromatic carbocycles. The van der Waals surface area contributed by atoms with Crippen LogP contribution < -0.4 is 25.0 Å². The fourth-order valence-electron chi connectivity index (χ4n) is 3.54. The lowest BCUT2D eigenvalue weighted by atomic mass is 10.0. The number of carbonyl (C=O) groups excluding carboxylic acids is 1. The third-order valence-corrected chi connectivity index (χ3v) is 6.61. The zero-order chi connectivity index (χ0) is 31.4. The Hall–Kier alpha value is -4.04. The van der Waals surface area contributed by atoms with Crippen LogP contribution in [0.3, 0.4) is 0 Å². The summed E-state index contributed by atoms with van der Waals surface area (Å²) in [6.07, 6.45) is -2.61. The third kappa shape index (κ3) is 10.7. The van der Waals surface area contributed by atoms with Gasteiger partial charge in [-0.25, -0.2) is 9.78 Å². The highest BCUT2D eigenvalue weighted by Gasteiger charge is 2.31. The van der Waals surface area contributed by atoms with Gasteiger partial charge in [-0.05, 0) is 61.7 Å². The Morgan fingerprint density at radius 2 is 1.81 bits per heavy atom. The number of amides is 1. The van der Waals surface area contributed by atoms with E-state index in [2.05, 4.69) is 15.1 Å². The highest BCUT2D eigenvalue weighted by molar-refractivity contribution is 7.09. The number of rotatable bonds is 12. The normalized spacial score (nSPS) is 11.5. The predicted molar refractivity (Wildman–Crippen MR) is 155 cm³/mol. The molecule has 14 heteroatoms. The number of anilines is 3. The number of nitrogens with one attached hydrogen (secondary N) is 1. The molecule has 1 unspecified atom stereocenters. The number of thiazole rings is 1. The zero-order valence-corrected chi connectivity index (χ0v) is 24.8. The molecule has 0 aliphatic rings. The standard InChI is InChI=1S/C16H22F3NO2.C12H13N3O4S/c1-4-10-20(15(21)11-12(3)5-2)13-6-8-14(9-7-13)22-16(17,18)19;1-7-13-11(6-20-7)15(18)14-9-4-3-8(12(16)17)5-10(9)19-2/h6-9,12H,4-5,10-11H2,1-3H3;3-6,14,18H,1-2H3,(H,16,17). The summed E-state index contributed by atoms with van der Waals surface area (Å²) in [7, 11) is 1.42. The first kappa shape index (κ1) is 34.2. The monoisotopic (exact) mass is 612 g/mol. The lowest BCUT2D eigenvalue weighted by molar-refractivity contribution is -0.274. The van der Waals surface area contributed by atoms with Crippen molar-refractivity contribution in [2.24, 2.45) is 5.92 Å². The zero-order valence-electron chi connectivity index (χ0n) is 23.9. The van der Waals surface area contributed by atoms with E-state index >= 15 is 0 Å². The molecule has 1 aromatic heterocycles. The minimum Gasteiger partial charge on any atom is -0.494 e. The topological polar surface area (TPSA) is 124 Å². The van der Waals surface area contributed by atoms with Gasteiger partial charge in [-0.3, -0.25) is 15.4 Å². The molecule has 0 saturated heterocycles. The Kier molecular flexibility index (Phi) is 12.9. The van der Waals surface area contributed by atoms with Gasteiger partial charge in [0, 0.05) is 24.0 Å². The summed E-state index contributed by atoms with van der Waals surface area (Å²) in [4.78, 5) is 28.9. The van der Waals surface area contributed by atoms with E-state index in [1.807, 2.05) is 27.7 Å². The number of ether oxygens (including phenoxy) is 2. The smallest absolute Gasteiger partial charge is 0.494 e. The summed E-state index contributed by atoms with van der Waals surface area (Å²) in [5, 5.41) is 22.0. The van der Waals surface area contributed by atoms with Gasteiger partial charge in [0.15, 0.2) is 5.82 Å². The van der Waals surface area contributed by atoms with Crippen LogP contribution >= 0.6 is 11.3 Å². The SMILES string of the molecule is CCCN(C(=O)CC(C)CC)c1ccc(OC(F)(F)F)cc1.COc1cc(C(=O)O)ccc1NN(O)c1csc(C)n1. The molecule has 0 radical (unpaired) electrons. The molecule has 0 aliphatic carbocycles. The highest BCUT2D eigenvalue weighted by atomic mass is 32.1. The molecule has 0 bridgehead atoms. The van der Waals surface area contributed by atoms with Gasteiger partial charge in [0.25, 0.3) is 0 Å². The number of hydrogen-bond donors (Lipinski definition) is 3. The van der Waals surface area contributed by atoms with Crippen LogP contribution in [0.2, 0.25) is 0 Å². The lowest BCUT2D eigenvalue weighted by Gasteiger charge is -2.24. The predicted octanol–water partition coefficient (Wildman–Crippen LogP) is 7.15. The molecule has 3 N–H and O–H groups in total. The van der Waals surface area contributed by atoms with Crippen LogP contribution in [0.5, 0.6) is 11.5 Å². The second kappa shape index (κ2) is 15.8. The number of carboxylic acid groups (broad SMARTS) is 1. The number of methoxy groups -OCH3 is 1. The minimum absolute atomic E-state index is 0.0133. The molecule has 0 fully saturated rings. The van der Waals surface area contributed by atoms with E-state index in [4.69, 9.17) is 9.84 Å². The molecule has 42 heavy (non-hydrogen) atoms. The minimum atomic E-state index is -4.71. The largest absolute Gasteiger partial charge is 0.573 e. The second-order valence-electron chi connectivity index (χ2n) is 9.17. The average molecular weight is 613 g/mol. The number of halogens is 3. The number of aromatic carboxylic acids is 1. The Morgan fingerprint density at radius 3 is 2.31 bits per heavy atom. The van der Waals surface area contributed by atoms with E-state index in [1.54, 1.807) is 10.3 Å². The van der Waals surface area contributed by atoms with Crippen molar-refractivity contribution in [3.8, 4) is 11.5 Å². The fourth-order valence-corrected chi connectivity index (χ4v) is 4.11. The van der Waals surface area contributed by atoms with E-state index in [1.165, 1.54) is 60.9 Å². The maximum absolute atomic E-state index is 12.3. The molecule has 0 saturated carbocycles. The van der Waals surface area contributed by atoms with Crippen LogP contribution in [0.25, 0.3) is 0 Å². The van der Waals surface area contributed by atoms with Gasteiger partial charge in [-0.15, -0.1) is 29.7 Å². The molecule has 0 aliphatic heterocycles. The summed E-state index contributed by atoms with van der Waals surface area (Å²) in [5.74, 6) is -0.430. The second-order valence-corrected chi connectivity index (χ2v) is 10.2. The summed E-state index contributed by atoms with van der Waals surface area (Å²) in [5.41, 5.74) is 3.78. The van der Waals surface area contributed by atoms with Gasteiger partial charge in [0.2, 0.25) is 5.91 Å². The average Bonchev–Trinajstić information content (AvgIpc) is 3.38. The van der Waals surface area contributed by atoms with Gasteiger partial charge in [0.1, 0.15) is 11.5 Å². The van der Waals surface area contributed by atoms with Crippen molar-refractivity contribution in [2.45, 2.75) is 53.3 Å². The molecule has 0 spiro atoms. The molecule has 1 atom stereocenters. The first-order valence-corrected chi connectivity index (χ1v) is 13.9. The van der Waals surface area contributed by atoms with E-state index in [9.17, 15) is 28.0 Å². The number of hydrogen-bond acceptors (Lipinski definition) is 9. The number of aromatic nitrogens is 1. The first-order chi connectivity index (χ1) is 19.8. The van der Waals surface area contributed by atoms with Gasteiger partial charge < -0.3 is 19.5 Å². The number of alkyl halides is 3. The van der Waals surface area contributed by atoms with Crippen LogP contribution in [0.1, 0.15) is 55.4 Å². The van der Waals surface area contributed by atoms with E-state index in [0.29, 0.717) is 35.9 Å². The van der Waals surface area contributed by atoms with Crippen LogP contribution in [0.4, 0.5) is 30.4 Å². The maximum atomic E-state index is 12.3. The molecular formula is C28H35F3N4O6S. The van der Waals surface area contributed by atoms with Crippen LogP contribution in [-0.2, 0) is 4.79 Å². The summed E-state index contributed by atoms with van der Waals surface area (Å²) < 4.78 is 45.4.